The number of carbonyl (C=O) groups excluding carboxylic acids is 2. The van der Waals surface area contributed by atoms with Gasteiger partial charge >= 0.3 is 0 Å². The Kier molecular flexibility index (Phi) is 5.48. The van der Waals surface area contributed by atoms with Gasteiger partial charge in [0.15, 0.2) is 11.5 Å². The van der Waals surface area contributed by atoms with Crippen LogP contribution < -0.4 is 9.64 Å². The van der Waals surface area contributed by atoms with Crippen LogP contribution in [0.3, 0.4) is 0 Å². The summed E-state index contributed by atoms with van der Waals surface area (Å²) in [5.74, 6) is -0.251. The number of aromatic hydroxyl groups is 1. The Hall–Kier alpha value is -2.06. The zero-order valence-corrected chi connectivity index (χ0v) is 17.4. The lowest BCUT2D eigenvalue weighted by atomic mass is 10.1. The first kappa shape index (κ1) is 19.7. The number of fused-ring (bicyclic) bond motifs is 2. The fraction of sp³-hybridized carbons (Fsp3) is 0.579. The Morgan fingerprint density at radius 1 is 1.26 bits per heavy atom. The molecule has 148 valence electrons. The summed E-state index contributed by atoms with van der Waals surface area (Å²) in [5.41, 5.74) is 0.738. The molecule has 0 aromatic heterocycles. The van der Waals surface area contributed by atoms with Crippen LogP contribution in [0.4, 0.5) is 5.69 Å². The highest BCUT2D eigenvalue weighted by Gasteiger charge is 2.42. The average molecular weight is 393 g/mol. The van der Waals surface area contributed by atoms with Gasteiger partial charge in [-0.2, -0.15) is 0 Å². The molecule has 1 aromatic rings. The Labute approximate surface area is 160 Å². The predicted molar refractivity (Wildman–Crippen MR) is 105 cm³/mol. The first-order valence-corrected chi connectivity index (χ1v) is 13.0. The van der Waals surface area contributed by atoms with Gasteiger partial charge in [-0.1, -0.05) is 19.6 Å². The van der Waals surface area contributed by atoms with Gasteiger partial charge in [0.25, 0.3) is 11.8 Å². The summed E-state index contributed by atoms with van der Waals surface area (Å²) in [6.45, 7) is 7.99. The highest BCUT2D eigenvalue weighted by atomic mass is 28.3. The second-order valence-corrected chi connectivity index (χ2v) is 13.9. The minimum atomic E-state index is -1.24. The first-order valence-electron chi connectivity index (χ1n) is 9.34. The molecule has 0 aliphatic carbocycles. The van der Waals surface area contributed by atoms with Gasteiger partial charge in [-0.15, -0.1) is 0 Å². The topological polar surface area (TPSA) is 79.3 Å². The lowest BCUT2D eigenvalue weighted by Gasteiger charge is -2.26. The van der Waals surface area contributed by atoms with Crippen molar-refractivity contribution in [2.24, 2.45) is 0 Å². The summed E-state index contributed by atoms with van der Waals surface area (Å²) in [7, 11) is 0.191. The smallest absolute Gasteiger partial charge is 0.256 e. The Morgan fingerprint density at radius 3 is 2.67 bits per heavy atom. The fourth-order valence-electron chi connectivity index (χ4n) is 3.50. The largest absolute Gasteiger partial charge is 0.504 e. The maximum atomic E-state index is 13.1. The van der Waals surface area contributed by atoms with Crippen LogP contribution in [0, 0.1) is 0 Å². The molecule has 2 aliphatic rings. The number of phenols is 1. The zero-order chi connectivity index (χ0) is 19.8. The second kappa shape index (κ2) is 7.51. The van der Waals surface area contributed by atoms with Crippen molar-refractivity contribution in [1.29, 1.82) is 0 Å². The number of anilines is 1. The van der Waals surface area contributed by atoms with Crippen LogP contribution in [0.15, 0.2) is 12.1 Å². The third kappa shape index (κ3) is 3.96. The van der Waals surface area contributed by atoms with Crippen molar-refractivity contribution in [3.8, 4) is 11.5 Å². The number of hydrogen-bond donors (Lipinski definition) is 1. The second-order valence-electron chi connectivity index (χ2n) is 8.31. The third-order valence-electron chi connectivity index (χ3n) is 5.10. The molecule has 1 saturated heterocycles. The van der Waals surface area contributed by atoms with E-state index in [2.05, 4.69) is 19.6 Å². The van der Waals surface area contributed by atoms with Crippen LogP contribution in [0.25, 0.3) is 0 Å². The zero-order valence-electron chi connectivity index (χ0n) is 16.4. The van der Waals surface area contributed by atoms with Gasteiger partial charge in [0.2, 0.25) is 0 Å². The maximum Gasteiger partial charge on any atom is 0.256 e. The molecular formula is C19H28N2O5Si. The van der Waals surface area contributed by atoms with Crippen molar-refractivity contribution in [3.63, 3.8) is 0 Å². The number of nitrogens with zero attached hydrogens (tertiary/aromatic N) is 2. The Morgan fingerprint density at radius 2 is 2.00 bits per heavy atom. The monoisotopic (exact) mass is 392 g/mol. The normalized spacial score (nSPS) is 19.8. The minimum Gasteiger partial charge on any atom is -0.504 e. The van der Waals surface area contributed by atoms with E-state index in [-0.39, 0.29) is 30.0 Å². The Bertz CT molecular complexity index is 746. The molecule has 0 saturated carbocycles. The van der Waals surface area contributed by atoms with Crippen LogP contribution in [0.2, 0.25) is 25.7 Å². The summed E-state index contributed by atoms with van der Waals surface area (Å²) in [6, 6.07) is 3.45. The van der Waals surface area contributed by atoms with E-state index in [1.165, 1.54) is 24.1 Å². The van der Waals surface area contributed by atoms with E-state index in [0.717, 1.165) is 12.5 Å². The maximum absolute atomic E-state index is 13.1. The van der Waals surface area contributed by atoms with Crippen molar-refractivity contribution in [2.75, 3.05) is 31.9 Å². The molecular weight excluding hydrogens is 364 g/mol. The molecule has 27 heavy (non-hydrogen) atoms. The van der Waals surface area contributed by atoms with Crippen molar-refractivity contribution >= 4 is 25.6 Å². The summed E-state index contributed by atoms with van der Waals surface area (Å²) in [6.07, 6.45) is 1.45. The molecule has 1 fully saturated rings. The molecule has 1 atom stereocenters. The molecule has 8 heteroatoms. The van der Waals surface area contributed by atoms with Crippen LogP contribution in [-0.2, 0) is 9.53 Å². The summed E-state index contributed by atoms with van der Waals surface area (Å²) in [5, 5.41) is 10.2. The number of rotatable bonds is 6. The number of hydrogen-bond acceptors (Lipinski definition) is 5. The number of amides is 2. The van der Waals surface area contributed by atoms with Gasteiger partial charge < -0.3 is 19.5 Å². The van der Waals surface area contributed by atoms with Crippen LogP contribution in [0.5, 0.6) is 11.5 Å². The number of methoxy groups -OCH3 is 1. The molecule has 1 aromatic carbocycles. The van der Waals surface area contributed by atoms with Gasteiger partial charge in [-0.05, 0) is 25.0 Å². The molecule has 0 spiro atoms. The summed E-state index contributed by atoms with van der Waals surface area (Å²) >= 11 is 0. The number of carbonyl (C=O) groups is 2. The van der Waals surface area contributed by atoms with Crippen molar-refractivity contribution in [2.45, 2.75) is 44.6 Å². The number of ether oxygens (including phenoxy) is 2. The number of benzene rings is 1. The molecule has 2 aliphatic heterocycles. The van der Waals surface area contributed by atoms with E-state index in [0.29, 0.717) is 30.8 Å². The molecule has 0 bridgehead atoms. The highest BCUT2D eigenvalue weighted by molar-refractivity contribution is 6.76. The van der Waals surface area contributed by atoms with Crippen LogP contribution in [0.1, 0.15) is 23.2 Å². The van der Waals surface area contributed by atoms with Gasteiger partial charge in [-0.25, -0.2) is 0 Å². The predicted octanol–water partition coefficient (Wildman–Crippen LogP) is 2.66. The molecule has 2 heterocycles. The van der Waals surface area contributed by atoms with Crippen LogP contribution >= 0.6 is 0 Å². The van der Waals surface area contributed by atoms with E-state index in [9.17, 15) is 14.7 Å². The van der Waals surface area contributed by atoms with Gasteiger partial charge in [0.05, 0.1) is 18.4 Å². The molecule has 3 rings (SSSR count). The van der Waals surface area contributed by atoms with E-state index >= 15 is 0 Å². The SMILES string of the molecule is COc1cc2c(cc1O)N(COCC[Si](C)(C)C)C(=O)C1CCCN1C2=O. The van der Waals surface area contributed by atoms with Gasteiger partial charge in [0.1, 0.15) is 12.8 Å². The summed E-state index contributed by atoms with van der Waals surface area (Å²) in [4.78, 5) is 29.3. The molecule has 1 N–H and O–H groups in total. The highest BCUT2D eigenvalue weighted by Crippen LogP contribution is 2.39. The third-order valence-corrected chi connectivity index (χ3v) is 6.80. The standard InChI is InChI=1S/C19H28N2O5Si/c1-25-17-10-13-15(11-16(17)22)21(12-26-8-9-27(2,3)4)19(24)14-6-5-7-20(14)18(13)23/h10-11,14,22H,5-9,12H2,1-4H3. The summed E-state index contributed by atoms with van der Waals surface area (Å²) < 4.78 is 11.0. The molecule has 1 unspecified atom stereocenters. The van der Waals surface area contributed by atoms with E-state index in [4.69, 9.17) is 9.47 Å². The minimum absolute atomic E-state index is 0.0691. The van der Waals surface area contributed by atoms with Crippen molar-refractivity contribution < 1.29 is 24.2 Å². The lowest BCUT2D eigenvalue weighted by molar-refractivity contribution is -0.123. The van der Waals surface area contributed by atoms with Gasteiger partial charge in [-0.3, -0.25) is 14.5 Å². The van der Waals surface area contributed by atoms with Crippen molar-refractivity contribution in [1.82, 2.24) is 4.90 Å². The molecule has 7 nitrogen and oxygen atoms in total. The quantitative estimate of drug-likeness (QED) is 0.595. The average Bonchev–Trinajstić information content (AvgIpc) is 3.06. The van der Waals surface area contributed by atoms with E-state index in [1.54, 1.807) is 4.90 Å². The molecule has 0 radical (unpaired) electrons. The molecule has 2 amide bonds. The fourth-order valence-corrected chi connectivity index (χ4v) is 4.26. The number of phenolic OH excluding ortho intramolecular Hbond substituents is 1. The Balaban J connectivity index is 1.93. The van der Waals surface area contributed by atoms with Crippen LogP contribution in [-0.4, -0.2) is 62.9 Å². The van der Waals surface area contributed by atoms with E-state index in [1.807, 2.05) is 0 Å². The van der Waals surface area contributed by atoms with E-state index < -0.39 is 14.1 Å². The first-order chi connectivity index (χ1) is 12.7. The van der Waals surface area contributed by atoms with Crippen molar-refractivity contribution in [3.05, 3.63) is 17.7 Å². The van der Waals surface area contributed by atoms with Gasteiger partial charge in [0, 0.05) is 27.3 Å². The lowest BCUT2D eigenvalue weighted by Crippen LogP contribution is -2.45.